The number of hydrogen-bond acceptors (Lipinski definition) is 4. The highest BCUT2D eigenvalue weighted by Gasteiger charge is 2.30. The zero-order valence-electron chi connectivity index (χ0n) is 14.0. The molecule has 1 aliphatic rings. The topological polar surface area (TPSA) is 102 Å². The Labute approximate surface area is 145 Å². The highest BCUT2D eigenvalue weighted by molar-refractivity contribution is 5.89. The van der Waals surface area contributed by atoms with E-state index < -0.39 is 5.91 Å². The third kappa shape index (κ3) is 3.90. The average Bonchev–Trinajstić information content (AvgIpc) is 3.24. The van der Waals surface area contributed by atoms with Gasteiger partial charge in [-0.2, -0.15) is 5.10 Å². The number of likely N-dealkylation sites (tertiary alicyclic amines) is 1. The Morgan fingerprint density at radius 2 is 2.12 bits per heavy atom. The van der Waals surface area contributed by atoms with Crippen molar-refractivity contribution < 1.29 is 14.3 Å². The van der Waals surface area contributed by atoms with Gasteiger partial charge < -0.3 is 20.7 Å². The van der Waals surface area contributed by atoms with E-state index in [0.717, 1.165) is 24.2 Å². The molecule has 2 heterocycles. The van der Waals surface area contributed by atoms with E-state index in [1.165, 1.54) is 10.9 Å². The number of hydrogen-bond donors (Lipinski definition) is 2. The third-order valence-electron chi connectivity index (χ3n) is 4.22. The van der Waals surface area contributed by atoms with Crippen LogP contribution in [-0.2, 0) is 11.3 Å². The molecule has 1 fully saturated rings. The Morgan fingerprint density at radius 3 is 2.80 bits per heavy atom. The van der Waals surface area contributed by atoms with Crippen molar-refractivity contribution in [3.05, 3.63) is 42.2 Å². The number of methoxy groups -OCH3 is 1. The van der Waals surface area contributed by atoms with Crippen LogP contribution in [0.4, 0.5) is 10.5 Å². The molecule has 0 spiro atoms. The lowest BCUT2D eigenvalue weighted by atomic mass is 10.0. The monoisotopic (exact) mass is 343 g/mol. The molecule has 132 valence electrons. The molecule has 1 aromatic carbocycles. The number of nitrogens with two attached hydrogens (primary N) is 1. The minimum atomic E-state index is -0.486. The van der Waals surface area contributed by atoms with E-state index in [0.29, 0.717) is 12.2 Å². The summed E-state index contributed by atoms with van der Waals surface area (Å²) in [6, 6.07) is 7.62. The first-order chi connectivity index (χ1) is 12.1. The first-order valence-electron chi connectivity index (χ1n) is 8.09. The number of anilines is 1. The number of nitrogens with one attached hydrogen (secondary N) is 1. The summed E-state index contributed by atoms with van der Waals surface area (Å²) >= 11 is 0. The fraction of sp³-hybridized carbons (Fsp3) is 0.353. The molecule has 3 rings (SSSR count). The summed E-state index contributed by atoms with van der Waals surface area (Å²) in [7, 11) is 1.63. The molecule has 3 amide bonds. The molecule has 1 saturated heterocycles. The van der Waals surface area contributed by atoms with Gasteiger partial charge in [0.15, 0.2) is 0 Å². The van der Waals surface area contributed by atoms with E-state index in [2.05, 4.69) is 10.4 Å². The van der Waals surface area contributed by atoms with E-state index >= 15 is 0 Å². The second kappa shape index (κ2) is 7.25. The summed E-state index contributed by atoms with van der Waals surface area (Å²) in [6.07, 6.45) is 4.95. The molecule has 8 heteroatoms. The number of rotatable bonds is 5. The van der Waals surface area contributed by atoms with Crippen molar-refractivity contribution in [1.82, 2.24) is 14.7 Å². The van der Waals surface area contributed by atoms with Crippen LogP contribution in [0.3, 0.4) is 0 Å². The zero-order chi connectivity index (χ0) is 17.8. The normalized spacial score (nSPS) is 16.7. The van der Waals surface area contributed by atoms with Gasteiger partial charge in [0.2, 0.25) is 5.91 Å². The van der Waals surface area contributed by atoms with Gasteiger partial charge in [-0.05, 0) is 30.5 Å². The molecule has 0 bridgehead atoms. The summed E-state index contributed by atoms with van der Waals surface area (Å²) < 4.78 is 6.57. The molecular formula is C17H21N5O3. The number of primary amides is 1. The molecule has 1 unspecified atom stereocenters. The first-order valence-corrected chi connectivity index (χ1v) is 8.09. The molecule has 1 aromatic heterocycles. The Morgan fingerprint density at radius 1 is 1.36 bits per heavy atom. The van der Waals surface area contributed by atoms with Crippen molar-refractivity contribution >= 4 is 17.6 Å². The summed E-state index contributed by atoms with van der Waals surface area (Å²) in [6.45, 7) is 0.673. The number of carbonyl (C=O) groups is 2. The smallest absolute Gasteiger partial charge is 0.322 e. The Balaban J connectivity index is 1.67. The van der Waals surface area contributed by atoms with Gasteiger partial charge in [-0.15, -0.1) is 0 Å². The number of aromatic nitrogens is 2. The molecule has 0 radical (unpaired) electrons. The standard InChI is InChI=1S/C17H21N5O3/c1-25-14-6-4-12(5-7-14)15-3-2-8-22(15)17(24)20-13-9-19-21(10-13)11-16(18)23/h4-7,9-10,15H,2-3,8,11H2,1H3,(H2,18,23)(H,20,24). The quantitative estimate of drug-likeness (QED) is 0.863. The SMILES string of the molecule is COc1ccc(C2CCCN2C(=O)Nc2cnn(CC(N)=O)c2)cc1. The van der Waals surface area contributed by atoms with Crippen molar-refractivity contribution in [2.24, 2.45) is 5.73 Å². The molecule has 25 heavy (non-hydrogen) atoms. The molecular weight excluding hydrogens is 322 g/mol. The minimum Gasteiger partial charge on any atom is -0.497 e. The maximum absolute atomic E-state index is 12.6. The third-order valence-corrected chi connectivity index (χ3v) is 4.22. The lowest BCUT2D eigenvalue weighted by Gasteiger charge is -2.25. The van der Waals surface area contributed by atoms with Crippen LogP contribution in [0, 0.1) is 0 Å². The van der Waals surface area contributed by atoms with Crippen molar-refractivity contribution in [3.8, 4) is 5.75 Å². The number of amides is 3. The van der Waals surface area contributed by atoms with Gasteiger partial charge in [0.1, 0.15) is 12.3 Å². The summed E-state index contributed by atoms with van der Waals surface area (Å²) in [4.78, 5) is 25.3. The average molecular weight is 343 g/mol. The minimum absolute atomic E-state index is 0.0198. The van der Waals surface area contributed by atoms with Gasteiger partial charge in [-0.1, -0.05) is 12.1 Å². The van der Waals surface area contributed by atoms with Crippen LogP contribution in [0.15, 0.2) is 36.7 Å². The molecule has 0 saturated carbocycles. The second-order valence-corrected chi connectivity index (χ2v) is 5.95. The Hall–Kier alpha value is -3.03. The predicted molar refractivity (Wildman–Crippen MR) is 92.1 cm³/mol. The second-order valence-electron chi connectivity index (χ2n) is 5.95. The number of urea groups is 1. The van der Waals surface area contributed by atoms with Crippen LogP contribution in [0.25, 0.3) is 0 Å². The van der Waals surface area contributed by atoms with Crippen LogP contribution in [0.2, 0.25) is 0 Å². The van der Waals surface area contributed by atoms with E-state index in [4.69, 9.17) is 10.5 Å². The van der Waals surface area contributed by atoms with Gasteiger partial charge in [0, 0.05) is 12.7 Å². The van der Waals surface area contributed by atoms with Crippen LogP contribution in [0.1, 0.15) is 24.4 Å². The highest BCUT2D eigenvalue weighted by Crippen LogP contribution is 2.33. The zero-order valence-corrected chi connectivity index (χ0v) is 14.0. The van der Waals surface area contributed by atoms with Gasteiger partial charge in [0.05, 0.1) is 25.0 Å². The Bertz CT molecular complexity index is 756. The molecule has 1 atom stereocenters. The van der Waals surface area contributed by atoms with E-state index in [1.807, 2.05) is 29.2 Å². The van der Waals surface area contributed by atoms with Crippen LogP contribution in [-0.4, -0.2) is 40.3 Å². The number of benzene rings is 1. The van der Waals surface area contributed by atoms with Gasteiger partial charge in [-0.3, -0.25) is 9.48 Å². The summed E-state index contributed by atoms with van der Waals surface area (Å²) in [5, 5.41) is 6.83. The maximum atomic E-state index is 12.6. The van der Waals surface area contributed by atoms with E-state index in [-0.39, 0.29) is 18.6 Å². The molecule has 8 nitrogen and oxygen atoms in total. The molecule has 2 aromatic rings. The predicted octanol–water partition coefficient (Wildman–Crippen LogP) is 1.75. The summed E-state index contributed by atoms with van der Waals surface area (Å²) in [5.41, 5.74) is 6.75. The van der Waals surface area contributed by atoms with Crippen LogP contribution < -0.4 is 15.8 Å². The van der Waals surface area contributed by atoms with Crippen molar-refractivity contribution in [1.29, 1.82) is 0 Å². The van der Waals surface area contributed by atoms with Gasteiger partial charge >= 0.3 is 6.03 Å². The molecule has 1 aliphatic heterocycles. The van der Waals surface area contributed by atoms with Crippen molar-refractivity contribution in [2.75, 3.05) is 19.0 Å². The molecule has 0 aliphatic carbocycles. The van der Waals surface area contributed by atoms with E-state index in [1.54, 1.807) is 13.3 Å². The van der Waals surface area contributed by atoms with Crippen molar-refractivity contribution in [3.63, 3.8) is 0 Å². The maximum Gasteiger partial charge on any atom is 0.322 e. The number of nitrogens with zero attached hydrogens (tertiary/aromatic N) is 3. The fourth-order valence-corrected chi connectivity index (χ4v) is 3.05. The number of carbonyl (C=O) groups excluding carboxylic acids is 2. The van der Waals surface area contributed by atoms with Gasteiger partial charge in [-0.25, -0.2) is 4.79 Å². The van der Waals surface area contributed by atoms with E-state index in [9.17, 15) is 9.59 Å². The summed E-state index contributed by atoms with van der Waals surface area (Å²) in [5.74, 6) is 0.305. The largest absolute Gasteiger partial charge is 0.497 e. The first kappa shape index (κ1) is 16.8. The van der Waals surface area contributed by atoms with Crippen LogP contribution >= 0.6 is 0 Å². The highest BCUT2D eigenvalue weighted by atomic mass is 16.5. The molecule has 3 N–H and O–H groups in total. The fourth-order valence-electron chi connectivity index (χ4n) is 3.05. The lowest BCUT2D eigenvalue weighted by Crippen LogP contribution is -2.34. The number of ether oxygens (including phenoxy) is 1. The lowest BCUT2D eigenvalue weighted by molar-refractivity contribution is -0.118. The van der Waals surface area contributed by atoms with Gasteiger partial charge in [0.25, 0.3) is 0 Å². The van der Waals surface area contributed by atoms with Crippen molar-refractivity contribution in [2.45, 2.75) is 25.4 Å². The van der Waals surface area contributed by atoms with Crippen LogP contribution in [0.5, 0.6) is 5.75 Å². The Kier molecular flexibility index (Phi) is 4.87.